The molecule has 11 nitrogen and oxygen atoms in total. The molecule has 0 spiro atoms. The lowest BCUT2D eigenvalue weighted by Gasteiger charge is -2.42. The molecule has 2 rings (SSSR count). The number of hydrogen-bond donors (Lipinski definition) is 0. The van der Waals surface area contributed by atoms with Gasteiger partial charge in [0.1, 0.15) is 23.1 Å². The zero-order valence-electron chi connectivity index (χ0n) is 22.2. The summed E-state index contributed by atoms with van der Waals surface area (Å²) in [5.74, 6) is 0.722. The van der Waals surface area contributed by atoms with Gasteiger partial charge in [0.15, 0.2) is 5.54 Å². The fourth-order valence-electron chi connectivity index (χ4n) is 3.54. The van der Waals surface area contributed by atoms with Gasteiger partial charge in [-0.1, -0.05) is 12.8 Å². The summed E-state index contributed by atoms with van der Waals surface area (Å²) in [6.07, 6.45) is 2.57. The van der Waals surface area contributed by atoms with Gasteiger partial charge in [0.25, 0.3) is 5.69 Å². The molecule has 0 saturated carbocycles. The Kier molecular flexibility index (Phi) is 8.55. The van der Waals surface area contributed by atoms with E-state index < -0.39 is 63.4 Å². The van der Waals surface area contributed by atoms with E-state index in [2.05, 4.69) is 10.9 Å². The van der Waals surface area contributed by atoms with E-state index in [-0.39, 0.29) is 12.2 Å². The largest absolute Gasteiger partial charge is 0.458 e. The van der Waals surface area contributed by atoms with Gasteiger partial charge in [-0.05, 0) is 47.6 Å². The monoisotopic (exact) mass is 521 g/mol. The number of rotatable bonds is 4. The van der Waals surface area contributed by atoms with Gasteiger partial charge in [-0.25, -0.2) is 19.0 Å². The van der Waals surface area contributed by atoms with Crippen molar-refractivity contribution in [3.8, 4) is 12.3 Å². The molecule has 0 saturated heterocycles. The standard InChI is InChI=1S/C25H32FN3O8/c1-10-25(17-13-16(29(32)33)11-12-18(17)26)15(2)19(14-34-9)35-20(27-25)28(21(30)36-23(3,4)5)22(31)37-24(6,7)8/h1,11-13,15,19H,14H2,2-9H3/t15-,19+,25-/m0/s1. The Bertz CT molecular complexity index is 1100. The van der Waals surface area contributed by atoms with E-state index in [1.165, 1.54) is 7.11 Å². The quantitative estimate of drug-likeness (QED) is 0.315. The highest BCUT2D eigenvalue weighted by Gasteiger charge is 2.51. The highest BCUT2D eigenvalue weighted by Crippen LogP contribution is 2.42. The minimum absolute atomic E-state index is 0.101. The second-order valence-electron chi connectivity index (χ2n) is 10.4. The molecule has 0 unspecified atom stereocenters. The smallest absolute Gasteiger partial charge is 0.428 e. The summed E-state index contributed by atoms with van der Waals surface area (Å²) in [7, 11) is 1.38. The number of carbonyl (C=O) groups excluding carboxylic acids is 2. The number of carbonyl (C=O) groups is 2. The van der Waals surface area contributed by atoms with Crippen molar-refractivity contribution in [2.24, 2.45) is 10.9 Å². The number of nitrogens with zero attached hydrogens (tertiary/aromatic N) is 3. The molecule has 1 aromatic rings. The van der Waals surface area contributed by atoms with Crippen LogP contribution in [0.5, 0.6) is 0 Å². The molecule has 1 heterocycles. The van der Waals surface area contributed by atoms with Crippen molar-refractivity contribution < 1.29 is 37.9 Å². The summed E-state index contributed by atoms with van der Waals surface area (Å²) in [5.41, 5.74) is -4.73. The number of terminal acetylenes is 1. The molecule has 0 aromatic heterocycles. The van der Waals surface area contributed by atoms with E-state index in [1.807, 2.05) is 0 Å². The lowest BCUT2D eigenvalue weighted by Crippen LogP contribution is -2.55. The Hall–Kier alpha value is -3.72. The number of benzene rings is 1. The second-order valence-corrected chi connectivity index (χ2v) is 10.4. The van der Waals surface area contributed by atoms with E-state index in [0.29, 0.717) is 4.90 Å². The maximum Gasteiger partial charge on any atom is 0.428 e. The number of nitro benzene ring substituents is 1. The number of non-ortho nitro benzene ring substituents is 1. The summed E-state index contributed by atoms with van der Waals surface area (Å²) in [6, 6.07) is 2.22. The third-order valence-corrected chi connectivity index (χ3v) is 5.21. The number of amidine groups is 1. The highest BCUT2D eigenvalue weighted by molar-refractivity contribution is 6.06. The molecular weight excluding hydrogens is 489 g/mol. The van der Waals surface area contributed by atoms with E-state index in [9.17, 15) is 19.7 Å². The van der Waals surface area contributed by atoms with Crippen LogP contribution in [0.15, 0.2) is 23.2 Å². The predicted molar refractivity (Wildman–Crippen MR) is 131 cm³/mol. The first-order chi connectivity index (χ1) is 17.0. The van der Waals surface area contributed by atoms with E-state index in [0.717, 1.165) is 18.2 Å². The molecule has 0 bridgehead atoms. The van der Waals surface area contributed by atoms with Gasteiger partial charge < -0.3 is 18.9 Å². The van der Waals surface area contributed by atoms with Crippen molar-refractivity contribution in [2.75, 3.05) is 13.7 Å². The van der Waals surface area contributed by atoms with Crippen LogP contribution in [0.2, 0.25) is 0 Å². The van der Waals surface area contributed by atoms with E-state index in [1.54, 1.807) is 48.5 Å². The molecule has 0 radical (unpaired) electrons. The number of amides is 2. The molecule has 37 heavy (non-hydrogen) atoms. The van der Waals surface area contributed by atoms with Crippen LogP contribution in [0, 0.1) is 34.2 Å². The second kappa shape index (κ2) is 10.7. The van der Waals surface area contributed by atoms with E-state index >= 15 is 4.39 Å². The third kappa shape index (κ3) is 6.74. The van der Waals surface area contributed by atoms with Gasteiger partial charge in [-0.15, -0.1) is 11.3 Å². The lowest BCUT2D eigenvalue weighted by atomic mass is 9.76. The van der Waals surface area contributed by atoms with Crippen molar-refractivity contribution in [2.45, 2.75) is 71.3 Å². The summed E-state index contributed by atoms with van der Waals surface area (Å²) < 4.78 is 37.0. The number of halogens is 1. The maximum absolute atomic E-state index is 15.2. The van der Waals surface area contributed by atoms with Crippen LogP contribution in [0.3, 0.4) is 0 Å². The summed E-state index contributed by atoms with van der Waals surface area (Å²) in [4.78, 5) is 41.8. The van der Waals surface area contributed by atoms with Crippen LogP contribution in [0.25, 0.3) is 0 Å². The van der Waals surface area contributed by atoms with Gasteiger partial charge >= 0.3 is 18.2 Å². The summed E-state index contributed by atoms with van der Waals surface area (Å²) >= 11 is 0. The Balaban J connectivity index is 2.84. The first-order valence-electron chi connectivity index (χ1n) is 11.4. The van der Waals surface area contributed by atoms with Crippen LogP contribution < -0.4 is 0 Å². The number of ether oxygens (including phenoxy) is 4. The van der Waals surface area contributed by atoms with Crippen molar-refractivity contribution in [3.05, 3.63) is 39.7 Å². The average molecular weight is 522 g/mol. The molecule has 12 heteroatoms. The normalized spacial score (nSPS) is 21.7. The van der Waals surface area contributed by atoms with Crippen LogP contribution >= 0.6 is 0 Å². The molecular formula is C25H32FN3O8. The minimum atomic E-state index is -1.94. The summed E-state index contributed by atoms with van der Waals surface area (Å²) in [6.45, 7) is 11.0. The van der Waals surface area contributed by atoms with Crippen LogP contribution in [-0.4, -0.2) is 59.1 Å². The molecule has 1 aliphatic heterocycles. The zero-order chi connectivity index (χ0) is 28.3. The average Bonchev–Trinajstić information content (AvgIpc) is 2.74. The first-order valence-corrected chi connectivity index (χ1v) is 11.4. The fraction of sp³-hybridized carbons (Fsp3) is 0.560. The van der Waals surface area contributed by atoms with E-state index in [4.69, 9.17) is 25.4 Å². The van der Waals surface area contributed by atoms with Crippen LogP contribution in [0.4, 0.5) is 19.7 Å². The van der Waals surface area contributed by atoms with Crippen molar-refractivity contribution in [1.29, 1.82) is 0 Å². The molecule has 0 fully saturated rings. The molecule has 0 aliphatic carbocycles. The van der Waals surface area contributed by atoms with Gasteiger partial charge in [0.2, 0.25) is 0 Å². The topological polar surface area (TPSA) is 130 Å². The van der Waals surface area contributed by atoms with Gasteiger partial charge in [-0.3, -0.25) is 10.1 Å². The summed E-state index contributed by atoms with van der Waals surface area (Å²) in [5, 5.41) is 11.4. The Labute approximate surface area is 215 Å². The number of aliphatic imine (C=N–C) groups is 1. The minimum Gasteiger partial charge on any atom is -0.458 e. The number of nitro groups is 1. The number of imide groups is 1. The number of hydrogen-bond acceptors (Lipinski definition) is 9. The molecule has 1 aromatic carbocycles. The molecule has 1 aliphatic rings. The van der Waals surface area contributed by atoms with Gasteiger partial charge in [0.05, 0.1) is 11.5 Å². The Morgan fingerprint density at radius 2 is 1.76 bits per heavy atom. The highest BCUT2D eigenvalue weighted by atomic mass is 19.1. The van der Waals surface area contributed by atoms with Crippen LogP contribution in [0.1, 0.15) is 54.0 Å². The van der Waals surface area contributed by atoms with Crippen LogP contribution in [-0.2, 0) is 24.5 Å². The van der Waals surface area contributed by atoms with Crippen molar-refractivity contribution >= 4 is 23.9 Å². The van der Waals surface area contributed by atoms with Gasteiger partial charge in [-0.2, -0.15) is 0 Å². The van der Waals surface area contributed by atoms with Crippen molar-refractivity contribution in [3.63, 3.8) is 0 Å². The number of methoxy groups -OCH3 is 1. The maximum atomic E-state index is 15.2. The SMILES string of the molecule is C#C[C@]1(c2cc([N+](=O)[O-])ccc2F)N=C(N(C(=O)OC(C)(C)C)C(=O)OC(C)(C)C)O[C@H](COC)[C@@H]1C. The lowest BCUT2D eigenvalue weighted by molar-refractivity contribution is -0.385. The van der Waals surface area contributed by atoms with Gasteiger partial charge in [0, 0.05) is 30.7 Å². The zero-order valence-corrected chi connectivity index (χ0v) is 22.2. The molecule has 0 N–H and O–H groups in total. The molecule has 202 valence electrons. The third-order valence-electron chi connectivity index (χ3n) is 5.21. The Morgan fingerprint density at radius 3 is 2.19 bits per heavy atom. The molecule has 2 amide bonds. The van der Waals surface area contributed by atoms with Crippen molar-refractivity contribution in [1.82, 2.24) is 4.90 Å². The first kappa shape index (κ1) is 29.5. The Morgan fingerprint density at radius 1 is 1.22 bits per heavy atom. The molecule has 3 atom stereocenters. The fourth-order valence-corrected chi connectivity index (χ4v) is 3.54. The predicted octanol–water partition coefficient (Wildman–Crippen LogP) is 4.77.